The third-order valence-corrected chi connectivity index (χ3v) is 3.73. The van der Waals surface area contributed by atoms with E-state index in [1.165, 1.54) is 4.88 Å². The van der Waals surface area contributed by atoms with Crippen molar-refractivity contribution in [3.63, 3.8) is 0 Å². The van der Waals surface area contributed by atoms with E-state index < -0.39 is 0 Å². The van der Waals surface area contributed by atoms with Crippen molar-refractivity contribution in [1.82, 2.24) is 20.1 Å². The lowest BCUT2D eigenvalue weighted by atomic mass is 10.1. The number of H-pyrrole nitrogens is 1. The molecule has 3 heterocycles. The van der Waals surface area contributed by atoms with Gasteiger partial charge < -0.3 is 4.74 Å². The Balaban J connectivity index is 1.76. The van der Waals surface area contributed by atoms with Crippen molar-refractivity contribution in [3.05, 3.63) is 34.5 Å². The van der Waals surface area contributed by atoms with Crippen LogP contribution in [0, 0.1) is 0 Å². The maximum atomic E-state index is 5.55. The summed E-state index contributed by atoms with van der Waals surface area (Å²) in [5, 5.41) is 7.04. The molecule has 0 radical (unpaired) electrons. The average Bonchev–Trinajstić information content (AvgIpc) is 3.01. The number of morpholine rings is 1. The van der Waals surface area contributed by atoms with Crippen molar-refractivity contribution >= 4 is 11.3 Å². The number of aromatic amines is 1. The van der Waals surface area contributed by atoms with E-state index in [0.29, 0.717) is 0 Å². The minimum Gasteiger partial charge on any atom is -0.378 e. The number of hydrogen-bond donors (Lipinski definition) is 1. The van der Waals surface area contributed by atoms with E-state index in [-0.39, 0.29) is 6.04 Å². The van der Waals surface area contributed by atoms with Gasteiger partial charge >= 0.3 is 0 Å². The van der Waals surface area contributed by atoms with Gasteiger partial charge in [-0.25, -0.2) is 0 Å². The smallest absolute Gasteiger partial charge is 0.0794 e. The van der Waals surface area contributed by atoms with Gasteiger partial charge in [-0.1, -0.05) is 0 Å². The monoisotopic (exact) mass is 250 g/mol. The maximum absolute atomic E-state index is 5.55. The molecule has 0 saturated carbocycles. The van der Waals surface area contributed by atoms with Crippen LogP contribution in [0.4, 0.5) is 0 Å². The Kier molecular flexibility index (Phi) is 3.17. The third kappa shape index (κ3) is 2.38. The van der Waals surface area contributed by atoms with Gasteiger partial charge in [-0.2, -0.15) is 5.10 Å². The Labute approximate surface area is 103 Å². The van der Waals surface area contributed by atoms with Crippen molar-refractivity contribution < 1.29 is 4.74 Å². The summed E-state index contributed by atoms with van der Waals surface area (Å²) >= 11 is 1.70. The summed E-state index contributed by atoms with van der Waals surface area (Å²) in [6, 6.07) is 2.28. The lowest BCUT2D eigenvalue weighted by Gasteiger charge is -2.34. The Morgan fingerprint density at radius 2 is 2.59 bits per heavy atom. The Morgan fingerprint density at radius 1 is 1.59 bits per heavy atom. The third-order valence-electron chi connectivity index (χ3n) is 2.96. The predicted octanol–water partition coefficient (Wildman–Crippen LogP) is 1.44. The fourth-order valence-corrected chi connectivity index (χ4v) is 2.71. The Bertz CT molecular complexity index is 442. The number of aromatic nitrogens is 3. The molecule has 0 aliphatic carbocycles. The van der Waals surface area contributed by atoms with Crippen molar-refractivity contribution in [1.29, 1.82) is 0 Å². The lowest BCUT2D eigenvalue weighted by molar-refractivity contribution is -0.0138. The molecule has 0 amide bonds. The van der Waals surface area contributed by atoms with E-state index in [1.54, 1.807) is 17.5 Å². The van der Waals surface area contributed by atoms with Gasteiger partial charge in [0.2, 0.25) is 0 Å². The van der Waals surface area contributed by atoms with E-state index in [9.17, 15) is 0 Å². The van der Waals surface area contributed by atoms with E-state index >= 15 is 0 Å². The van der Waals surface area contributed by atoms with Crippen molar-refractivity contribution in [2.45, 2.75) is 12.6 Å². The van der Waals surface area contributed by atoms with Crippen LogP contribution in [-0.4, -0.2) is 39.8 Å². The van der Waals surface area contributed by atoms with E-state index in [2.05, 4.69) is 20.1 Å². The molecular formula is C11H14N4OS. The topological polar surface area (TPSA) is 54.0 Å². The van der Waals surface area contributed by atoms with Gasteiger partial charge in [-0.3, -0.25) is 15.0 Å². The summed E-state index contributed by atoms with van der Waals surface area (Å²) in [5.41, 5.74) is 3.00. The van der Waals surface area contributed by atoms with Crippen LogP contribution in [-0.2, 0) is 11.3 Å². The van der Waals surface area contributed by atoms with Crippen LogP contribution >= 0.6 is 11.3 Å². The summed E-state index contributed by atoms with van der Waals surface area (Å²) in [7, 11) is 0. The molecule has 0 bridgehead atoms. The first-order chi connectivity index (χ1) is 8.43. The standard InChI is InChI=1S/C11H14N4OS/c1-2-13-14-10(1)11-7-16-4-3-15(11)6-9-5-12-8-17-9/h1-2,5,8,11H,3-4,6-7H2,(H,13,14)/t11-/m1/s1. The highest BCUT2D eigenvalue weighted by molar-refractivity contribution is 7.09. The largest absolute Gasteiger partial charge is 0.378 e. The minimum atomic E-state index is 0.272. The highest BCUT2D eigenvalue weighted by Crippen LogP contribution is 2.24. The molecule has 5 nitrogen and oxygen atoms in total. The summed E-state index contributed by atoms with van der Waals surface area (Å²) in [6.45, 7) is 3.39. The van der Waals surface area contributed by atoms with Crippen LogP contribution < -0.4 is 0 Å². The molecule has 17 heavy (non-hydrogen) atoms. The molecule has 2 aromatic heterocycles. The lowest BCUT2D eigenvalue weighted by Crippen LogP contribution is -2.39. The van der Waals surface area contributed by atoms with Gasteiger partial charge in [0.1, 0.15) is 0 Å². The first kappa shape index (κ1) is 10.9. The van der Waals surface area contributed by atoms with Gasteiger partial charge in [0.05, 0.1) is 30.5 Å². The van der Waals surface area contributed by atoms with Gasteiger partial charge in [0, 0.05) is 30.4 Å². The summed E-state index contributed by atoms with van der Waals surface area (Å²) in [6.07, 6.45) is 3.72. The second-order valence-corrected chi connectivity index (χ2v) is 5.01. The first-order valence-electron chi connectivity index (χ1n) is 5.62. The quantitative estimate of drug-likeness (QED) is 0.895. The molecule has 0 aromatic carbocycles. The van der Waals surface area contributed by atoms with Crippen LogP contribution in [0.3, 0.4) is 0 Å². The van der Waals surface area contributed by atoms with Crippen LogP contribution in [0.5, 0.6) is 0 Å². The van der Waals surface area contributed by atoms with Gasteiger partial charge in [0.15, 0.2) is 0 Å². The molecule has 1 saturated heterocycles. The predicted molar refractivity (Wildman–Crippen MR) is 64.7 cm³/mol. The zero-order valence-electron chi connectivity index (χ0n) is 9.37. The molecular weight excluding hydrogens is 236 g/mol. The zero-order chi connectivity index (χ0) is 11.5. The molecule has 2 aromatic rings. The highest BCUT2D eigenvalue weighted by Gasteiger charge is 2.25. The molecule has 6 heteroatoms. The van der Waals surface area contributed by atoms with Crippen LogP contribution in [0.2, 0.25) is 0 Å². The number of thiazole rings is 1. The molecule has 0 unspecified atom stereocenters. The zero-order valence-corrected chi connectivity index (χ0v) is 10.2. The fourth-order valence-electron chi connectivity index (χ4n) is 2.09. The number of ether oxygens (including phenoxy) is 1. The molecule has 1 atom stereocenters. The SMILES string of the molecule is c1cc([C@H]2COCCN2Cc2cncs2)[nH]n1. The van der Waals surface area contributed by atoms with Gasteiger partial charge in [0.25, 0.3) is 0 Å². The minimum absolute atomic E-state index is 0.272. The number of hydrogen-bond acceptors (Lipinski definition) is 5. The molecule has 1 aliphatic heterocycles. The molecule has 90 valence electrons. The van der Waals surface area contributed by atoms with E-state index in [4.69, 9.17) is 4.74 Å². The molecule has 1 fully saturated rings. The van der Waals surface area contributed by atoms with Crippen molar-refractivity contribution in [2.24, 2.45) is 0 Å². The maximum Gasteiger partial charge on any atom is 0.0794 e. The van der Waals surface area contributed by atoms with Gasteiger partial charge in [-0.05, 0) is 6.07 Å². The second kappa shape index (κ2) is 4.95. The molecule has 0 spiro atoms. The average molecular weight is 250 g/mol. The normalized spacial score (nSPS) is 21.8. The number of rotatable bonds is 3. The molecule has 1 aliphatic rings. The van der Waals surface area contributed by atoms with Gasteiger partial charge in [-0.15, -0.1) is 11.3 Å². The molecule has 1 N–H and O–H groups in total. The van der Waals surface area contributed by atoms with E-state index in [1.807, 2.05) is 17.8 Å². The van der Waals surface area contributed by atoms with Crippen molar-refractivity contribution in [3.8, 4) is 0 Å². The summed E-state index contributed by atoms with van der Waals surface area (Å²) in [5.74, 6) is 0. The number of nitrogens with one attached hydrogen (secondary N) is 1. The van der Waals surface area contributed by atoms with Crippen LogP contribution in [0.25, 0.3) is 0 Å². The highest BCUT2D eigenvalue weighted by atomic mass is 32.1. The number of nitrogens with zero attached hydrogens (tertiary/aromatic N) is 3. The fraction of sp³-hybridized carbons (Fsp3) is 0.455. The van der Waals surface area contributed by atoms with Crippen LogP contribution in [0.1, 0.15) is 16.6 Å². The second-order valence-electron chi connectivity index (χ2n) is 4.04. The Hall–Kier alpha value is -1.24. The molecule has 3 rings (SSSR count). The van der Waals surface area contributed by atoms with Crippen LogP contribution in [0.15, 0.2) is 24.0 Å². The van der Waals surface area contributed by atoms with E-state index in [0.717, 1.165) is 32.0 Å². The van der Waals surface area contributed by atoms with Crippen molar-refractivity contribution in [2.75, 3.05) is 19.8 Å². The Morgan fingerprint density at radius 3 is 3.35 bits per heavy atom. The first-order valence-corrected chi connectivity index (χ1v) is 6.50. The summed E-state index contributed by atoms with van der Waals surface area (Å²) < 4.78 is 5.55. The summed E-state index contributed by atoms with van der Waals surface area (Å²) in [4.78, 5) is 7.81.